The molecule has 2 aliphatic rings. The molecule has 1 aromatic carbocycles. The molecule has 1 amide bonds. The fraction of sp³-hybridized carbons (Fsp3) is 0.474. The standard InChI is InChI=1S/C19H22N2O2S/c22-19(13-24-16-6-2-3-7-16)21-11-15(12-21)23-18-10-9-14-5-1-4-8-17(14)20-18/h1,4-5,8-10,15-16H,2-3,6-7,11-13H2. The second-order valence-corrected chi connectivity index (χ2v) is 7.89. The summed E-state index contributed by atoms with van der Waals surface area (Å²) in [5.74, 6) is 1.51. The molecule has 126 valence electrons. The van der Waals surface area contributed by atoms with Crippen LogP contribution in [0.25, 0.3) is 10.9 Å². The average Bonchev–Trinajstić information content (AvgIpc) is 3.09. The van der Waals surface area contributed by atoms with E-state index in [0.29, 0.717) is 30.0 Å². The molecule has 1 aliphatic heterocycles. The van der Waals surface area contributed by atoms with Crippen LogP contribution in [0.2, 0.25) is 0 Å². The van der Waals surface area contributed by atoms with Gasteiger partial charge in [0, 0.05) is 16.7 Å². The molecule has 4 nitrogen and oxygen atoms in total. The van der Waals surface area contributed by atoms with Crippen molar-refractivity contribution in [1.29, 1.82) is 0 Å². The number of likely N-dealkylation sites (tertiary alicyclic amines) is 1. The maximum Gasteiger partial charge on any atom is 0.232 e. The SMILES string of the molecule is O=C(CSC1CCCC1)N1CC(Oc2ccc3ccccc3n2)C1. The Kier molecular flexibility index (Phi) is 4.60. The third-order valence-electron chi connectivity index (χ3n) is 4.81. The number of benzene rings is 1. The maximum atomic E-state index is 12.2. The van der Waals surface area contributed by atoms with Gasteiger partial charge in [-0.2, -0.15) is 0 Å². The third kappa shape index (κ3) is 3.51. The van der Waals surface area contributed by atoms with Gasteiger partial charge in [0.2, 0.25) is 11.8 Å². The van der Waals surface area contributed by atoms with E-state index in [1.807, 2.05) is 53.1 Å². The van der Waals surface area contributed by atoms with Gasteiger partial charge in [-0.05, 0) is 25.0 Å². The molecule has 0 bridgehead atoms. The van der Waals surface area contributed by atoms with E-state index in [-0.39, 0.29) is 12.0 Å². The maximum absolute atomic E-state index is 12.2. The monoisotopic (exact) mass is 342 g/mol. The molecule has 0 radical (unpaired) electrons. The molecule has 0 atom stereocenters. The highest BCUT2D eigenvalue weighted by molar-refractivity contribution is 8.00. The number of carbonyl (C=O) groups is 1. The molecule has 1 aliphatic carbocycles. The van der Waals surface area contributed by atoms with Crippen LogP contribution in [-0.2, 0) is 4.79 Å². The van der Waals surface area contributed by atoms with Gasteiger partial charge < -0.3 is 9.64 Å². The Labute approximate surface area is 146 Å². The minimum atomic E-state index is 0.0686. The molecule has 5 heteroatoms. The van der Waals surface area contributed by atoms with Crippen LogP contribution in [0.3, 0.4) is 0 Å². The lowest BCUT2D eigenvalue weighted by Crippen LogP contribution is -2.56. The van der Waals surface area contributed by atoms with E-state index in [1.54, 1.807) is 0 Å². The summed E-state index contributed by atoms with van der Waals surface area (Å²) in [6.45, 7) is 1.36. The van der Waals surface area contributed by atoms with Crippen LogP contribution in [0.4, 0.5) is 0 Å². The van der Waals surface area contributed by atoms with Crippen molar-refractivity contribution in [3.8, 4) is 5.88 Å². The molecule has 1 saturated heterocycles. The highest BCUT2D eigenvalue weighted by atomic mass is 32.2. The van der Waals surface area contributed by atoms with E-state index in [9.17, 15) is 4.79 Å². The first-order valence-corrected chi connectivity index (χ1v) is 9.74. The highest BCUT2D eigenvalue weighted by Gasteiger charge is 2.32. The minimum Gasteiger partial charge on any atom is -0.471 e. The number of pyridine rings is 1. The number of aromatic nitrogens is 1. The van der Waals surface area contributed by atoms with Crippen LogP contribution in [0, 0.1) is 0 Å². The van der Waals surface area contributed by atoms with Crippen molar-refractivity contribution in [2.45, 2.75) is 37.0 Å². The number of amides is 1. The lowest BCUT2D eigenvalue weighted by atomic mass is 10.1. The number of fused-ring (bicyclic) bond motifs is 1. The van der Waals surface area contributed by atoms with Crippen LogP contribution in [-0.4, -0.2) is 46.0 Å². The van der Waals surface area contributed by atoms with Crippen molar-refractivity contribution in [2.24, 2.45) is 0 Å². The first kappa shape index (κ1) is 15.8. The largest absolute Gasteiger partial charge is 0.471 e. The van der Waals surface area contributed by atoms with Crippen LogP contribution in [0.5, 0.6) is 5.88 Å². The molecule has 2 aromatic rings. The van der Waals surface area contributed by atoms with E-state index in [1.165, 1.54) is 25.7 Å². The smallest absolute Gasteiger partial charge is 0.232 e. The van der Waals surface area contributed by atoms with E-state index in [0.717, 1.165) is 10.9 Å². The second kappa shape index (κ2) is 7.01. The van der Waals surface area contributed by atoms with Crippen LogP contribution in [0.1, 0.15) is 25.7 Å². The topological polar surface area (TPSA) is 42.4 Å². The number of carbonyl (C=O) groups excluding carboxylic acids is 1. The summed E-state index contributed by atoms with van der Waals surface area (Å²) in [5.41, 5.74) is 0.940. The van der Waals surface area contributed by atoms with Gasteiger partial charge in [0.05, 0.1) is 24.4 Å². The summed E-state index contributed by atoms with van der Waals surface area (Å²) in [6.07, 6.45) is 5.27. The number of thioether (sulfide) groups is 1. The molecular formula is C19H22N2O2S. The summed E-state index contributed by atoms with van der Waals surface area (Å²) in [7, 11) is 0. The van der Waals surface area contributed by atoms with Crippen molar-refractivity contribution in [3.63, 3.8) is 0 Å². The van der Waals surface area contributed by atoms with Gasteiger partial charge in [-0.15, -0.1) is 11.8 Å². The van der Waals surface area contributed by atoms with E-state index in [4.69, 9.17) is 4.74 Å². The van der Waals surface area contributed by atoms with Crippen LogP contribution in [0.15, 0.2) is 36.4 Å². The van der Waals surface area contributed by atoms with E-state index in [2.05, 4.69) is 4.98 Å². The zero-order valence-corrected chi connectivity index (χ0v) is 14.5. The van der Waals surface area contributed by atoms with E-state index >= 15 is 0 Å². The summed E-state index contributed by atoms with van der Waals surface area (Å²) >= 11 is 1.83. The van der Waals surface area contributed by atoms with Crippen molar-refractivity contribution >= 4 is 28.6 Å². The van der Waals surface area contributed by atoms with E-state index < -0.39 is 0 Å². The highest BCUT2D eigenvalue weighted by Crippen LogP contribution is 2.30. The molecule has 4 rings (SSSR count). The lowest BCUT2D eigenvalue weighted by Gasteiger charge is -2.38. The summed E-state index contributed by atoms with van der Waals surface area (Å²) < 4.78 is 5.90. The molecule has 0 spiro atoms. The number of ether oxygens (including phenoxy) is 1. The molecule has 1 saturated carbocycles. The van der Waals surface area contributed by atoms with Gasteiger partial charge in [0.1, 0.15) is 6.10 Å². The summed E-state index contributed by atoms with van der Waals surface area (Å²) in [6, 6.07) is 11.9. The van der Waals surface area contributed by atoms with Crippen LogP contribution >= 0.6 is 11.8 Å². The summed E-state index contributed by atoms with van der Waals surface area (Å²) in [5, 5.41) is 1.81. The first-order valence-electron chi connectivity index (χ1n) is 8.70. The zero-order valence-electron chi connectivity index (χ0n) is 13.7. The Bertz CT molecular complexity index is 724. The third-order valence-corrected chi connectivity index (χ3v) is 6.16. The Morgan fingerprint density at radius 3 is 2.79 bits per heavy atom. The Morgan fingerprint density at radius 2 is 1.96 bits per heavy atom. The fourth-order valence-corrected chi connectivity index (χ4v) is 4.56. The average molecular weight is 342 g/mol. The number of hydrogen-bond acceptors (Lipinski definition) is 4. The van der Waals surface area contributed by atoms with Gasteiger partial charge in [0.25, 0.3) is 0 Å². The molecular weight excluding hydrogens is 320 g/mol. The predicted molar refractivity (Wildman–Crippen MR) is 97.5 cm³/mol. The van der Waals surface area contributed by atoms with Gasteiger partial charge in [-0.25, -0.2) is 4.98 Å². The number of rotatable bonds is 5. The van der Waals surface area contributed by atoms with Crippen molar-refractivity contribution in [2.75, 3.05) is 18.8 Å². The molecule has 0 N–H and O–H groups in total. The molecule has 1 aromatic heterocycles. The number of nitrogens with zero attached hydrogens (tertiary/aromatic N) is 2. The van der Waals surface area contributed by atoms with Gasteiger partial charge in [0.15, 0.2) is 0 Å². The number of para-hydroxylation sites is 1. The first-order chi connectivity index (χ1) is 11.8. The van der Waals surface area contributed by atoms with Gasteiger partial charge in [-0.3, -0.25) is 4.79 Å². The second-order valence-electron chi connectivity index (χ2n) is 6.60. The lowest BCUT2D eigenvalue weighted by molar-refractivity contribution is -0.137. The molecule has 2 fully saturated rings. The Morgan fingerprint density at radius 1 is 1.17 bits per heavy atom. The minimum absolute atomic E-state index is 0.0686. The van der Waals surface area contributed by atoms with Crippen molar-refractivity contribution in [3.05, 3.63) is 36.4 Å². The van der Waals surface area contributed by atoms with Crippen LogP contribution < -0.4 is 4.74 Å². The number of hydrogen-bond donors (Lipinski definition) is 0. The quantitative estimate of drug-likeness (QED) is 0.834. The van der Waals surface area contributed by atoms with Gasteiger partial charge >= 0.3 is 0 Å². The normalized spacial score (nSPS) is 18.8. The van der Waals surface area contributed by atoms with Gasteiger partial charge in [-0.1, -0.05) is 31.0 Å². The zero-order chi connectivity index (χ0) is 16.4. The van der Waals surface area contributed by atoms with Crippen molar-refractivity contribution in [1.82, 2.24) is 9.88 Å². The molecule has 2 heterocycles. The fourth-order valence-electron chi connectivity index (χ4n) is 3.34. The predicted octanol–water partition coefficient (Wildman–Crippen LogP) is 3.50. The Balaban J connectivity index is 1.25. The Hall–Kier alpha value is -1.75. The van der Waals surface area contributed by atoms with Crippen molar-refractivity contribution < 1.29 is 9.53 Å². The summed E-state index contributed by atoms with van der Waals surface area (Å²) in [4.78, 5) is 18.6. The molecule has 24 heavy (non-hydrogen) atoms. The molecule has 0 unspecified atom stereocenters.